The van der Waals surface area contributed by atoms with Crippen LogP contribution in [0.2, 0.25) is 0 Å². The molecule has 138 valence electrons. The molecule has 9 heteroatoms. The maximum absolute atomic E-state index is 13.4. The summed E-state index contributed by atoms with van der Waals surface area (Å²) in [5, 5.41) is 7.65. The van der Waals surface area contributed by atoms with Crippen LogP contribution < -0.4 is 0 Å². The van der Waals surface area contributed by atoms with Crippen LogP contribution in [0.1, 0.15) is 40.5 Å². The monoisotopic (exact) mass is 379 g/mol. The zero-order valence-electron chi connectivity index (χ0n) is 14.7. The van der Waals surface area contributed by atoms with Gasteiger partial charge in [0.1, 0.15) is 0 Å². The first-order valence-corrected chi connectivity index (χ1v) is 11.2. The van der Waals surface area contributed by atoms with Crippen LogP contribution in [0.4, 0.5) is 0 Å². The molecule has 1 N–H and O–H groups in total. The van der Waals surface area contributed by atoms with Crippen LogP contribution in [0.25, 0.3) is 0 Å². The van der Waals surface area contributed by atoms with E-state index in [0.717, 1.165) is 0 Å². The lowest BCUT2D eigenvalue weighted by molar-refractivity contribution is 0.214. The summed E-state index contributed by atoms with van der Waals surface area (Å²) in [5.74, 6) is 0. The number of nitrogens with one attached hydrogen (secondary N) is 1. The van der Waals surface area contributed by atoms with Gasteiger partial charge in [-0.25, -0.2) is 0 Å². The van der Waals surface area contributed by atoms with Gasteiger partial charge in [0.05, 0.1) is 26.4 Å². The fraction of sp³-hybridized carbons (Fsp3) is 0.667. The first-order valence-electron chi connectivity index (χ1n) is 8.14. The Morgan fingerprint density at radius 2 is 1.29 bits per heavy atom. The third-order valence-electron chi connectivity index (χ3n) is 3.15. The molecule has 0 heterocycles. The van der Waals surface area contributed by atoms with Crippen LogP contribution in [-0.2, 0) is 27.2 Å². The van der Waals surface area contributed by atoms with Crippen molar-refractivity contribution in [3.8, 4) is 0 Å². The quantitative estimate of drug-likeness (QED) is 0.531. The average Bonchev–Trinajstić information content (AvgIpc) is 2.50. The van der Waals surface area contributed by atoms with Gasteiger partial charge >= 0.3 is 15.2 Å². The molecule has 0 bridgehead atoms. The highest BCUT2D eigenvalue weighted by molar-refractivity contribution is 7.78. The molecule has 0 amide bonds. The molecule has 0 aromatic rings. The summed E-state index contributed by atoms with van der Waals surface area (Å²) in [6.07, 6.45) is 4.06. The summed E-state index contributed by atoms with van der Waals surface area (Å²) in [7, 11) is -7.71. The van der Waals surface area contributed by atoms with Crippen molar-refractivity contribution in [1.82, 2.24) is 0 Å². The van der Waals surface area contributed by atoms with Crippen LogP contribution in [0.3, 0.4) is 0 Å². The van der Waals surface area contributed by atoms with Crippen molar-refractivity contribution in [3.05, 3.63) is 22.8 Å². The summed E-state index contributed by atoms with van der Waals surface area (Å²) in [4.78, 5) is 0. The summed E-state index contributed by atoms with van der Waals surface area (Å²) in [6, 6.07) is 0. The highest BCUT2D eigenvalue weighted by atomic mass is 31.2. The lowest BCUT2D eigenvalue weighted by Gasteiger charge is -2.28. The molecule has 1 aliphatic rings. The van der Waals surface area contributed by atoms with Crippen molar-refractivity contribution >= 4 is 20.9 Å². The van der Waals surface area contributed by atoms with Gasteiger partial charge in [-0.15, -0.1) is 0 Å². The maximum Gasteiger partial charge on any atom is 0.369 e. The summed E-state index contributed by atoms with van der Waals surface area (Å²) in [6.45, 7) is 7.27. The van der Waals surface area contributed by atoms with E-state index >= 15 is 0 Å². The molecule has 1 aliphatic carbocycles. The van der Waals surface area contributed by atoms with E-state index in [1.165, 1.54) is 0 Å². The largest absolute Gasteiger partial charge is 0.369 e. The Bertz CT molecular complexity index is 547. The highest BCUT2D eigenvalue weighted by Gasteiger charge is 2.47. The molecule has 0 fully saturated rings. The van der Waals surface area contributed by atoms with Gasteiger partial charge in [0.15, 0.2) is 5.06 Å². The minimum absolute atomic E-state index is 0.0360. The minimum atomic E-state index is -3.85. The van der Waals surface area contributed by atoms with Gasteiger partial charge in [-0.1, -0.05) is 6.08 Å². The lowest BCUT2D eigenvalue weighted by atomic mass is 10.0. The van der Waals surface area contributed by atoms with Crippen molar-refractivity contribution in [1.29, 1.82) is 5.41 Å². The van der Waals surface area contributed by atoms with Crippen LogP contribution in [-0.4, -0.2) is 32.1 Å². The van der Waals surface area contributed by atoms with Crippen LogP contribution in [0, 0.1) is 5.41 Å². The van der Waals surface area contributed by atoms with Crippen LogP contribution in [0.5, 0.6) is 0 Å². The van der Waals surface area contributed by atoms with E-state index in [2.05, 4.69) is 0 Å². The zero-order chi connectivity index (χ0) is 18.2. The zero-order valence-corrected chi connectivity index (χ0v) is 16.5. The van der Waals surface area contributed by atoms with E-state index in [-0.39, 0.29) is 31.5 Å². The molecule has 0 aromatic heterocycles. The molecular formula is C15H27NO6P2. The first kappa shape index (κ1) is 21.5. The van der Waals surface area contributed by atoms with Gasteiger partial charge < -0.3 is 23.5 Å². The Hall–Kier alpha value is -0.550. The normalized spacial score (nSPS) is 15.8. The SMILES string of the molecule is CCOP(=O)(OCC)C(=C1C=CC(=N)CC1)P(=O)(OCC)OCC. The third-order valence-corrected chi connectivity index (χ3v) is 8.63. The lowest BCUT2D eigenvalue weighted by Crippen LogP contribution is -2.09. The van der Waals surface area contributed by atoms with Crippen molar-refractivity contribution in [3.63, 3.8) is 0 Å². The molecule has 0 atom stereocenters. The van der Waals surface area contributed by atoms with Crippen LogP contribution >= 0.6 is 15.2 Å². The van der Waals surface area contributed by atoms with E-state index in [1.54, 1.807) is 39.8 Å². The van der Waals surface area contributed by atoms with E-state index < -0.39 is 15.2 Å². The van der Waals surface area contributed by atoms with Gasteiger partial charge in [0, 0.05) is 5.71 Å². The Labute approximate surface area is 144 Å². The standard InChI is InChI=1S/C15H27NO6P2/c1-5-19-23(17,20-6-2)15(13-9-11-14(16)12-10-13)24(18,21-7-3)22-8-4/h9,11,16H,5-8,10,12H2,1-4H3. The van der Waals surface area contributed by atoms with Gasteiger partial charge in [-0.2, -0.15) is 0 Å². The van der Waals surface area contributed by atoms with E-state index in [4.69, 9.17) is 23.5 Å². The smallest absolute Gasteiger partial charge is 0.305 e. The van der Waals surface area contributed by atoms with Gasteiger partial charge in [0.2, 0.25) is 0 Å². The Morgan fingerprint density at radius 1 is 0.875 bits per heavy atom. The Morgan fingerprint density at radius 3 is 1.58 bits per heavy atom. The molecule has 24 heavy (non-hydrogen) atoms. The predicted octanol–water partition coefficient (Wildman–Crippen LogP) is 5.10. The number of allylic oxidation sites excluding steroid dienone is 3. The van der Waals surface area contributed by atoms with Gasteiger partial charge in [0.25, 0.3) is 0 Å². The third kappa shape index (κ3) is 5.22. The summed E-state index contributed by atoms with van der Waals surface area (Å²) < 4.78 is 48.4. The number of hydrogen-bond donors (Lipinski definition) is 1. The molecule has 0 spiro atoms. The van der Waals surface area contributed by atoms with E-state index in [1.807, 2.05) is 0 Å². The van der Waals surface area contributed by atoms with E-state index in [0.29, 0.717) is 24.1 Å². The topological polar surface area (TPSA) is 94.9 Å². The second-order valence-electron chi connectivity index (χ2n) is 4.87. The molecule has 1 rings (SSSR count). The molecular weight excluding hydrogens is 352 g/mol. The van der Waals surface area contributed by atoms with Gasteiger partial charge in [-0.05, 0) is 52.2 Å². The Balaban J connectivity index is 3.60. The highest BCUT2D eigenvalue weighted by Crippen LogP contribution is 2.75. The molecule has 0 unspecified atom stereocenters. The minimum Gasteiger partial charge on any atom is -0.305 e. The molecule has 0 saturated heterocycles. The maximum atomic E-state index is 13.4. The number of hydrogen-bond acceptors (Lipinski definition) is 7. The second kappa shape index (κ2) is 9.81. The fourth-order valence-electron chi connectivity index (χ4n) is 2.32. The summed E-state index contributed by atoms with van der Waals surface area (Å²) in [5.41, 5.74) is 0.977. The molecule has 0 radical (unpaired) electrons. The predicted molar refractivity (Wildman–Crippen MR) is 94.8 cm³/mol. The fourth-order valence-corrected chi connectivity index (χ4v) is 7.29. The van der Waals surface area contributed by atoms with Crippen molar-refractivity contribution in [2.24, 2.45) is 0 Å². The summed E-state index contributed by atoms with van der Waals surface area (Å²) >= 11 is 0. The van der Waals surface area contributed by atoms with E-state index in [9.17, 15) is 9.13 Å². The first-order chi connectivity index (χ1) is 11.4. The second-order valence-corrected chi connectivity index (χ2v) is 9.14. The molecule has 0 aromatic carbocycles. The van der Waals surface area contributed by atoms with Crippen LogP contribution in [0.15, 0.2) is 22.8 Å². The van der Waals surface area contributed by atoms with Crippen molar-refractivity contribution in [2.45, 2.75) is 40.5 Å². The Kier molecular flexibility index (Phi) is 8.78. The molecule has 0 aliphatic heterocycles. The molecule has 0 saturated carbocycles. The number of rotatable bonds is 10. The van der Waals surface area contributed by atoms with Crippen molar-refractivity contribution < 1.29 is 27.2 Å². The average molecular weight is 379 g/mol. The van der Waals surface area contributed by atoms with Gasteiger partial charge in [-0.3, -0.25) is 9.13 Å². The van der Waals surface area contributed by atoms with Crippen molar-refractivity contribution in [2.75, 3.05) is 26.4 Å². The molecule has 7 nitrogen and oxygen atoms in total.